The largest absolute Gasteiger partial charge is 0.488 e. The molecule has 0 spiro atoms. The van der Waals surface area contributed by atoms with E-state index in [9.17, 15) is 4.79 Å². The molecule has 1 heterocycles. The lowest BCUT2D eigenvalue weighted by Crippen LogP contribution is -2.31. The van der Waals surface area contributed by atoms with E-state index in [1.165, 1.54) is 0 Å². The second kappa shape index (κ2) is 6.64. The Balaban J connectivity index is 2.20. The number of carbonyl (C=O) groups is 1. The fourth-order valence-electron chi connectivity index (χ4n) is 2.24. The Morgan fingerprint density at radius 2 is 1.91 bits per heavy atom. The van der Waals surface area contributed by atoms with Gasteiger partial charge in [-0.2, -0.15) is 0 Å². The summed E-state index contributed by atoms with van der Waals surface area (Å²) in [5.41, 5.74) is 3.09. The van der Waals surface area contributed by atoms with Crippen LogP contribution in [0.25, 0.3) is 0 Å². The van der Waals surface area contributed by atoms with Crippen LogP contribution < -0.4 is 10.1 Å². The molecule has 0 aliphatic carbocycles. The number of aromatic nitrogens is 1. The fourth-order valence-corrected chi connectivity index (χ4v) is 2.24. The minimum atomic E-state index is -0.244. The van der Waals surface area contributed by atoms with Gasteiger partial charge in [-0.1, -0.05) is 23.4 Å². The molecule has 22 heavy (non-hydrogen) atoms. The van der Waals surface area contributed by atoms with Crippen molar-refractivity contribution in [2.45, 2.75) is 47.3 Å². The molecular weight excluding hydrogens is 280 g/mol. The standard InChI is InChI=1S/C17H22N2O3/c1-10(2)18-17(20)15-14(13(5)22-19-15)9-21-16-11(3)7-6-8-12(16)4/h6-8,10H,9H2,1-5H3,(H,18,20). The molecule has 118 valence electrons. The maximum Gasteiger partial charge on any atom is 0.274 e. The Labute approximate surface area is 130 Å². The van der Waals surface area contributed by atoms with Crippen molar-refractivity contribution in [3.05, 3.63) is 46.3 Å². The molecule has 5 nitrogen and oxygen atoms in total. The summed E-state index contributed by atoms with van der Waals surface area (Å²) in [6.45, 7) is 9.82. The molecule has 2 rings (SSSR count). The highest BCUT2D eigenvalue weighted by Gasteiger charge is 2.21. The highest BCUT2D eigenvalue weighted by molar-refractivity contribution is 5.93. The van der Waals surface area contributed by atoms with Crippen LogP contribution in [0.1, 0.15) is 46.8 Å². The Bertz CT molecular complexity index is 654. The number of rotatable bonds is 5. The molecule has 1 aromatic heterocycles. The van der Waals surface area contributed by atoms with Crippen molar-refractivity contribution in [1.82, 2.24) is 10.5 Å². The molecule has 5 heteroatoms. The van der Waals surface area contributed by atoms with Crippen molar-refractivity contribution in [3.8, 4) is 5.75 Å². The van der Waals surface area contributed by atoms with Gasteiger partial charge in [0, 0.05) is 6.04 Å². The molecule has 2 aromatic rings. The van der Waals surface area contributed by atoms with Crippen LogP contribution in [0.15, 0.2) is 22.7 Å². The van der Waals surface area contributed by atoms with Crippen molar-refractivity contribution in [2.75, 3.05) is 0 Å². The van der Waals surface area contributed by atoms with Crippen LogP contribution in [0, 0.1) is 20.8 Å². The first-order valence-electron chi connectivity index (χ1n) is 7.35. The predicted molar refractivity (Wildman–Crippen MR) is 84.1 cm³/mol. The molecule has 0 saturated heterocycles. The molecule has 0 saturated carbocycles. The van der Waals surface area contributed by atoms with Crippen molar-refractivity contribution < 1.29 is 14.1 Å². The van der Waals surface area contributed by atoms with Crippen molar-refractivity contribution >= 4 is 5.91 Å². The van der Waals surface area contributed by atoms with Crippen molar-refractivity contribution in [3.63, 3.8) is 0 Å². The number of hydrogen-bond donors (Lipinski definition) is 1. The number of ether oxygens (including phenoxy) is 1. The molecule has 0 unspecified atom stereocenters. The van der Waals surface area contributed by atoms with Gasteiger partial charge in [0.1, 0.15) is 18.1 Å². The normalized spacial score (nSPS) is 10.8. The monoisotopic (exact) mass is 302 g/mol. The third-order valence-corrected chi connectivity index (χ3v) is 3.39. The van der Waals surface area contributed by atoms with E-state index in [-0.39, 0.29) is 24.2 Å². The molecule has 0 bridgehead atoms. The molecule has 0 aliphatic rings. The van der Waals surface area contributed by atoms with E-state index in [0.717, 1.165) is 16.9 Å². The average molecular weight is 302 g/mol. The quantitative estimate of drug-likeness (QED) is 0.920. The number of nitrogens with one attached hydrogen (secondary N) is 1. The first kappa shape index (κ1) is 16.1. The van der Waals surface area contributed by atoms with E-state index in [2.05, 4.69) is 10.5 Å². The molecule has 1 amide bonds. The second-order valence-electron chi connectivity index (χ2n) is 5.70. The summed E-state index contributed by atoms with van der Waals surface area (Å²) in [6.07, 6.45) is 0. The van der Waals surface area contributed by atoms with Gasteiger partial charge in [0.05, 0.1) is 5.56 Å². The van der Waals surface area contributed by atoms with Gasteiger partial charge < -0.3 is 14.6 Å². The lowest BCUT2D eigenvalue weighted by atomic mass is 10.1. The maximum atomic E-state index is 12.1. The Morgan fingerprint density at radius 1 is 1.27 bits per heavy atom. The Hall–Kier alpha value is -2.30. The van der Waals surface area contributed by atoms with E-state index < -0.39 is 0 Å². The van der Waals surface area contributed by atoms with Crippen LogP contribution in [0.5, 0.6) is 5.75 Å². The van der Waals surface area contributed by atoms with Gasteiger partial charge in [0.15, 0.2) is 5.69 Å². The number of carbonyl (C=O) groups excluding carboxylic acids is 1. The van der Waals surface area contributed by atoms with Crippen LogP contribution in [-0.2, 0) is 6.61 Å². The average Bonchev–Trinajstić information content (AvgIpc) is 2.79. The van der Waals surface area contributed by atoms with E-state index in [1.807, 2.05) is 45.9 Å². The number of hydrogen-bond acceptors (Lipinski definition) is 4. The summed E-state index contributed by atoms with van der Waals surface area (Å²) >= 11 is 0. The summed E-state index contributed by atoms with van der Waals surface area (Å²) in [5, 5.41) is 6.68. The third kappa shape index (κ3) is 3.47. The zero-order valence-electron chi connectivity index (χ0n) is 13.7. The van der Waals surface area contributed by atoms with Gasteiger partial charge in [-0.3, -0.25) is 4.79 Å². The molecule has 0 aliphatic heterocycles. The van der Waals surface area contributed by atoms with Crippen molar-refractivity contribution in [2.24, 2.45) is 0 Å². The fraction of sp³-hybridized carbons (Fsp3) is 0.412. The van der Waals surface area contributed by atoms with Gasteiger partial charge >= 0.3 is 0 Å². The molecule has 0 fully saturated rings. The minimum Gasteiger partial charge on any atom is -0.488 e. The van der Waals surface area contributed by atoms with Gasteiger partial charge in [0.2, 0.25) is 0 Å². The van der Waals surface area contributed by atoms with E-state index in [1.54, 1.807) is 6.92 Å². The highest BCUT2D eigenvalue weighted by atomic mass is 16.5. The minimum absolute atomic E-state index is 0.0388. The first-order valence-corrected chi connectivity index (χ1v) is 7.35. The van der Waals surface area contributed by atoms with Gasteiger partial charge in [-0.05, 0) is 45.7 Å². The highest BCUT2D eigenvalue weighted by Crippen LogP contribution is 2.24. The number of nitrogens with zero attached hydrogens (tertiary/aromatic N) is 1. The summed E-state index contributed by atoms with van der Waals surface area (Å²) < 4.78 is 11.1. The molecule has 1 N–H and O–H groups in total. The molecule has 0 atom stereocenters. The van der Waals surface area contributed by atoms with E-state index in [0.29, 0.717) is 11.3 Å². The summed E-state index contributed by atoms with van der Waals surface area (Å²) in [5.74, 6) is 1.19. The van der Waals surface area contributed by atoms with Gasteiger partial charge in [-0.15, -0.1) is 0 Å². The zero-order valence-corrected chi connectivity index (χ0v) is 13.7. The smallest absolute Gasteiger partial charge is 0.274 e. The van der Waals surface area contributed by atoms with E-state index in [4.69, 9.17) is 9.26 Å². The topological polar surface area (TPSA) is 64.4 Å². The number of amides is 1. The summed E-state index contributed by atoms with van der Waals surface area (Å²) in [6, 6.07) is 6.02. The lowest BCUT2D eigenvalue weighted by Gasteiger charge is -2.12. The second-order valence-corrected chi connectivity index (χ2v) is 5.70. The summed E-state index contributed by atoms with van der Waals surface area (Å²) in [7, 11) is 0. The van der Waals surface area contributed by atoms with Crippen LogP contribution in [0.3, 0.4) is 0 Å². The number of para-hydroxylation sites is 1. The van der Waals surface area contributed by atoms with Crippen LogP contribution in [0.2, 0.25) is 0 Å². The zero-order chi connectivity index (χ0) is 16.3. The third-order valence-electron chi connectivity index (χ3n) is 3.39. The Kier molecular flexibility index (Phi) is 4.85. The lowest BCUT2D eigenvalue weighted by molar-refractivity contribution is 0.0932. The van der Waals surface area contributed by atoms with Crippen LogP contribution >= 0.6 is 0 Å². The molecule has 1 aromatic carbocycles. The van der Waals surface area contributed by atoms with Crippen LogP contribution in [0.4, 0.5) is 0 Å². The van der Waals surface area contributed by atoms with Crippen LogP contribution in [-0.4, -0.2) is 17.1 Å². The van der Waals surface area contributed by atoms with Gasteiger partial charge in [0.25, 0.3) is 5.91 Å². The maximum absolute atomic E-state index is 12.1. The number of aryl methyl sites for hydroxylation is 3. The van der Waals surface area contributed by atoms with Gasteiger partial charge in [-0.25, -0.2) is 0 Å². The molecular formula is C17H22N2O3. The van der Waals surface area contributed by atoms with E-state index >= 15 is 0 Å². The SMILES string of the molecule is Cc1cccc(C)c1OCc1c(C(=O)NC(C)C)noc1C. The first-order chi connectivity index (χ1) is 10.4. The van der Waals surface area contributed by atoms with Crippen molar-refractivity contribution in [1.29, 1.82) is 0 Å². The molecule has 0 radical (unpaired) electrons. The number of benzene rings is 1. The summed E-state index contributed by atoms with van der Waals surface area (Å²) in [4.78, 5) is 12.1. The predicted octanol–water partition coefficient (Wildman–Crippen LogP) is 3.32. The Morgan fingerprint density at radius 3 is 2.50 bits per heavy atom.